The number of rotatable bonds is 2. The van der Waals surface area contributed by atoms with E-state index in [-0.39, 0.29) is 5.41 Å². The van der Waals surface area contributed by atoms with Crippen molar-refractivity contribution in [3.05, 3.63) is 47.7 Å². The first-order valence-electron chi connectivity index (χ1n) is 7.40. The van der Waals surface area contributed by atoms with Crippen LogP contribution < -0.4 is 5.32 Å². The molecule has 0 radical (unpaired) electrons. The molecule has 2 heterocycles. The van der Waals surface area contributed by atoms with E-state index < -0.39 is 0 Å². The molecule has 0 bridgehead atoms. The summed E-state index contributed by atoms with van der Waals surface area (Å²) in [6.07, 6.45) is 2.10. The fourth-order valence-electron chi connectivity index (χ4n) is 2.89. The van der Waals surface area contributed by atoms with Gasteiger partial charge in [0.2, 0.25) is 0 Å². The zero-order valence-corrected chi connectivity index (χ0v) is 12.6. The molecule has 1 N–H and O–H groups in total. The zero-order valence-electron chi connectivity index (χ0n) is 12.6. The molecule has 1 unspecified atom stereocenters. The number of aromatic nitrogens is 2. The Bertz CT molecular complexity index is 578. The summed E-state index contributed by atoms with van der Waals surface area (Å²) >= 11 is 0. The number of nitrogens with zero attached hydrogens (tertiary/aromatic N) is 2. The summed E-state index contributed by atoms with van der Waals surface area (Å²) in [5, 5.41) is 8.32. The van der Waals surface area contributed by atoms with Gasteiger partial charge in [0.05, 0.1) is 11.7 Å². The molecule has 0 amide bonds. The summed E-state index contributed by atoms with van der Waals surface area (Å²) in [5.41, 5.74) is 2.80. The molecule has 0 spiro atoms. The first kappa shape index (κ1) is 13.2. The molecule has 3 rings (SSSR count). The van der Waals surface area contributed by atoms with Crippen LogP contribution >= 0.6 is 0 Å². The summed E-state index contributed by atoms with van der Waals surface area (Å²) in [6.45, 7) is 7.79. The van der Waals surface area contributed by atoms with E-state index in [9.17, 15) is 0 Å². The maximum absolute atomic E-state index is 4.85. The van der Waals surface area contributed by atoms with Crippen LogP contribution in [0.4, 0.5) is 5.82 Å². The van der Waals surface area contributed by atoms with E-state index in [1.807, 2.05) is 0 Å². The third-order valence-electron chi connectivity index (χ3n) is 3.70. The van der Waals surface area contributed by atoms with E-state index >= 15 is 0 Å². The van der Waals surface area contributed by atoms with E-state index in [4.69, 9.17) is 5.10 Å². The number of benzene rings is 1. The van der Waals surface area contributed by atoms with Gasteiger partial charge in [0.25, 0.3) is 0 Å². The minimum Gasteiger partial charge on any atom is -0.370 e. The lowest BCUT2D eigenvalue weighted by molar-refractivity contribution is 0.399. The Morgan fingerprint density at radius 3 is 2.70 bits per heavy atom. The van der Waals surface area contributed by atoms with Crippen LogP contribution in [0.3, 0.4) is 0 Å². The number of nitrogens with one attached hydrogen (secondary N) is 1. The second-order valence-electron chi connectivity index (χ2n) is 6.84. The molecule has 3 heteroatoms. The minimum absolute atomic E-state index is 0.271. The van der Waals surface area contributed by atoms with E-state index in [0.717, 1.165) is 25.2 Å². The highest BCUT2D eigenvalue weighted by Crippen LogP contribution is 2.31. The van der Waals surface area contributed by atoms with Gasteiger partial charge in [0, 0.05) is 12.6 Å². The number of anilines is 1. The van der Waals surface area contributed by atoms with Crippen molar-refractivity contribution in [1.29, 1.82) is 0 Å². The largest absolute Gasteiger partial charge is 0.370 e. The normalized spacial score (nSPS) is 18.4. The van der Waals surface area contributed by atoms with Crippen LogP contribution in [0, 0.1) is 5.41 Å². The van der Waals surface area contributed by atoms with Gasteiger partial charge in [-0.05, 0) is 23.8 Å². The molecule has 2 aromatic rings. The first-order chi connectivity index (χ1) is 9.53. The predicted octanol–water partition coefficient (Wildman–Crippen LogP) is 3.88. The molecule has 0 saturated carbocycles. The third kappa shape index (κ3) is 2.72. The lowest BCUT2D eigenvalue weighted by Crippen LogP contribution is -2.24. The van der Waals surface area contributed by atoms with E-state index in [2.05, 4.69) is 67.2 Å². The Kier molecular flexibility index (Phi) is 3.28. The Morgan fingerprint density at radius 1 is 1.25 bits per heavy atom. The SMILES string of the molecule is CC(C)(C)Cc1cc2n(n1)C(c1ccccc1)CCN2. The maximum atomic E-state index is 4.85. The molecule has 20 heavy (non-hydrogen) atoms. The van der Waals surface area contributed by atoms with Crippen molar-refractivity contribution >= 4 is 5.82 Å². The van der Waals surface area contributed by atoms with E-state index in [1.165, 1.54) is 11.3 Å². The summed E-state index contributed by atoms with van der Waals surface area (Å²) in [5.74, 6) is 1.16. The molecule has 1 aliphatic heterocycles. The number of hydrogen-bond donors (Lipinski definition) is 1. The standard InChI is InChI=1S/C17H23N3/c1-17(2,3)12-14-11-16-18-10-9-15(20(16)19-14)13-7-5-4-6-8-13/h4-8,11,15,18H,9-10,12H2,1-3H3. The van der Waals surface area contributed by atoms with Gasteiger partial charge in [-0.2, -0.15) is 5.10 Å². The van der Waals surface area contributed by atoms with Gasteiger partial charge in [0.15, 0.2) is 0 Å². The van der Waals surface area contributed by atoms with Gasteiger partial charge in [0.1, 0.15) is 5.82 Å². The van der Waals surface area contributed by atoms with E-state index in [1.54, 1.807) is 0 Å². The van der Waals surface area contributed by atoms with Crippen LogP contribution in [0.25, 0.3) is 0 Å². The summed E-state index contributed by atoms with van der Waals surface area (Å²) in [7, 11) is 0. The van der Waals surface area contributed by atoms with E-state index in [0.29, 0.717) is 6.04 Å². The smallest absolute Gasteiger partial charge is 0.125 e. The van der Waals surface area contributed by atoms with Crippen LogP contribution in [-0.4, -0.2) is 16.3 Å². The first-order valence-corrected chi connectivity index (χ1v) is 7.40. The molecule has 3 nitrogen and oxygen atoms in total. The lowest BCUT2D eigenvalue weighted by Gasteiger charge is -2.26. The van der Waals surface area contributed by atoms with Gasteiger partial charge in [-0.1, -0.05) is 51.1 Å². The second kappa shape index (κ2) is 4.97. The number of hydrogen-bond acceptors (Lipinski definition) is 2. The average molecular weight is 269 g/mol. The van der Waals surface area contributed by atoms with Gasteiger partial charge < -0.3 is 5.32 Å². The average Bonchev–Trinajstić information content (AvgIpc) is 2.79. The third-order valence-corrected chi connectivity index (χ3v) is 3.70. The lowest BCUT2D eigenvalue weighted by atomic mass is 9.91. The predicted molar refractivity (Wildman–Crippen MR) is 83.1 cm³/mol. The van der Waals surface area contributed by atoms with Gasteiger partial charge in [-0.25, -0.2) is 4.68 Å². The second-order valence-corrected chi connectivity index (χ2v) is 6.84. The molecule has 0 fully saturated rings. The highest BCUT2D eigenvalue weighted by molar-refractivity contribution is 5.41. The van der Waals surface area contributed by atoms with Crippen molar-refractivity contribution in [2.45, 2.75) is 39.7 Å². The highest BCUT2D eigenvalue weighted by atomic mass is 15.4. The van der Waals surface area contributed by atoms with Crippen LogP contribution in [0.5, 0.6) is 0 Å². The van der Waals surface area contributed by atoms with Crippen LogP contribution in [0.1, 0.15) is 44.5 Å². The Labute approximate surface area is 121 Å². The van der Waals surface area contributed by atoms with Crippen molar-refractivity contribution in [3.8, 4) is 0 Å². The summed E-state index contributed by atoms with van der Waals surface area (Å²) < 4.78 is 2.17. The van der Waals surface area contributed by atoms with Crippen molar-refractivity contribution in [2.24, 2.45) is 5.41 Å². The van der Waals surface area contributed by atoms with Crippen molar-refractivity contribution in [1.82, 2.24) is 9.78 Å². The summed E-state index contributed by atoms with van der Waals surface area (Å²) in [6, 6.07) is 13.3. The molecule has 1 aromatic carbocycles. The Hall–Kier alpha value is -1.77. The monoisotopic (exact) mass is 269 g/mol. The topological polar surface area (TPSA) is 29.9 Å². The van der Waals surface area contributed by atoms with Gasteiger partial charge in [-0.15, -0.1) is 0 Å². The van der Waals surface area contributed by atoms with Crippen molar-refractivity contribution in [3.63, 3.8) is 0 Å². The quantitative estimate of drug-likeness (QED) is 0.896. The molecule has 1 aliphatic rings. The van der Waals surface area contributed by atoms with Gasteiger partial charge >= 0.3 is 0 Å². The van der Waals surface area contributed by atoms with Crippen LogP contribution in [-0.2, 0) is 6.42 Å². The van der Waals surface area contributed by atoms with Gasteiger partial charge in [-0.3, -0.25) is 0 Å². The van der Waals surface area contributed by atoms with Crippen LogP contribution in [0.15, 0.2) is 36.4 Å². The Balaban J connectivity index is 1.93. The fourth-order valence-corrected chi connectivity index (χ4v) is 2.89. The molecule has 1 aromatic heterocycles. The Morgan fingerprint density at radius 2 is 2.00 bits per heavy atom. The zero-order chi connectivity index (χ0) is 14.2. The number of fused-ring (bicyclic) bond motifs is 1. The fraction of sp³-hybridized carbons (Fsp3) is 0.471. The van der Waals surface area contributed by atoms with Crippen LogP contribution in [0.2, 0.25) is 0 Å². The summed E-state index contributed by atoms with van der Waals surface area (Å²) in [4.78, 5) is 0. The maximum Gasteiger partial charge on any atom is 0.125 e. The highest BCUT2D eigenvalue weighted by Gasteiger charge is 2.24. The molecule has 1 atom stereocenters. The van der Waals surface area contributed by atoms with Crippen molar-refractivity contribution < 1.29 is 0 Å². The molecule has 106 valence electrons. The molecule has 0 aliphatic carbocycles. The molecular weight excluding hydrogens is 246 g/mol. The minimum atomic E-state index is 0.271. The molecule has 0 saturated heterocycles. The van der Waals surface area contributed by atoms with Crippen molar-refractivity contribution in [2.75, 3.05) is 11.9 Å². The molecular formula is C17H23N3.